The number of hydrogen-bond donors (Lipinski definition) is 1. The number of hydrogen-bond acceptors (Lipinski definition) is 5. The Bertz CT molecular complexity index is 341. The molecule has 0 unspecified atom stereocenters. The Hall–Kier alpha value is -1.07. The normalized spacial score (nSPS) is 16.6. The summed E-state index contributed by atoms with van der Waals surface area (Å²) >= 11 is 5.90. The zero-order valence-electron chi connectivity index (χ0n) is 7.64. The minimum atomic E-state index is -0.285. The maximum Gasteiger partial charge on any atom is 0.318 e. The Labute approximate surface area is 86.3 Å². The summed E-state index contributed by atoms with van der Waals surface area (Å²) in [5.41, 5.74) is 0. The van der Waals surface area contributed by atoms with Crippen LogP contribution in [0.2, 0.25) is 5.02 Å². The molecule has 1 aromatic heterocycles. The maximum atomic E-state index is 9.14. The van der Waals surface area contributed by atoms with E-state index in [-0.39, 0.29) is 12.1 Å². The number of anilines is 1. The molecule has 14 heavy (non-hydrogen) atoms. The van der Waals surface area contributed by atoms with E-state index >= 15 is 0 Å². The fraction of sp³-hybridized carbons (Fsp3) is 0.500. The second-order valence-corrected chi connectivity index (χ2v) is 3.49. The SMILES string of the molecule is COc1ncc(Cl)c(N2CC(O)C2)n1. The fourth-order valence-corrected chi connectivity index (χ4v) is 1.50. The van der Waals surface area contributed by atoms with Gasteiger partial charge in [-0.05, 0) is 0 Å². The monoisotopic (exact) mass is 215 g/mol. The van der Waals surface area contributed by atoms with Crippen LogP contribution in [-0.4, -0.2) is 41.4 Å². The van der Waals surface area contributed by atoms with Crippen molar-refractivity contribution >= 4 is 17.4 Å². The first kappa shape index (κ1) is 9.48. The van der Waals surface area contributed by atoms with Crippen LogP contribution in [0.5, 0.6) is 6.01 Å². The van der Waals surface area contributed by atoms with Crippen LogP contribution >= 0.6 is 11.6 Å². The lowest BCUT2D eigenvalue weighted by Gasteiger charge is -2.37. The molecular formula is C8H10ClN3O2. The van der Waals surface area contributed by atoms with E-state index in [1.807, 2.05) is 4.90 Å². The van der Waals surface area contributed by atoms with Crippen LogP contribution in [0.3, 0.4) is 0 Å². The van der Waals surface area contributed by atoms with Crippen molar-refractivity contribution in [3.63, 3.8) is 0 Å². The Morgan fingerprint density at radius 3 is 2.93 bits per heavy atom. The van der Waals surface area contributed by atoms with Crippen LogP contribution in [-0.2, 0) is 0 Å². The van der Waals surface area contributed by atoms with E-state index in [2.05, 4.69) is 9.97 Å². The van der Waals surface area contributed by atoms with Gasteiger partial charge in [0, 0.05) is 13.1 Å². The maximum absolute atomic E-state index is 9.14. The molecule has 0 spiro atoms. The molecule has 5 nitrogen and oxygen atoms in total. The summed E-state index contributed by atoms with van der Waals surface area (Å²) in [5.74, 6) is 0.615. The van der Waals surface area contributed by atoms with Crippen molar-refractivity contribution in [2.24, 2.45) is 0 Å². The molecule has 1 N–H and O–H groups in total. The number of β-amino-alcohol motifs (C(OH)–C–C–N with tert-alkyl or cyclic N) is 1. The van der Waals surface area contributed by atoms with Gasteiger partial charge in [0.25, 0.3) is 0 Å². The first-order valence-corrected chi connectivity index (χ1v) is 4.58. The number of aromatic nitrogens is 2. The Morgan fingerprint density at radius 1 is 1.64 bits per heavy atom. The number of ether oxygens (including phenoxy) is 1. The first-order valence-electron chi connectivity index (χ1n) is 4.20. The zero-order valence-corrected chi connectivity index (χ0v) is 8.40. The third-order valence-corrected chi connectivity index (χ3v) is 2.31. The smallest absolute Gasteiger partial charge is 0.318 e. The molecule has 0 atom stereocenters. The molecule has 0 saturated carbocycles. The van der Waals surface area contributed by atoms with Crippen molar-refractivity contribution in [1.29, 1.82) is 0 Å². The highest BCUT2D eigenvalue weighted by Gasteiger charge is 2.27. The van der Waals surface area contributed by atoms with Crippen LogP contribution < -0.4 is 9.64 Å². The van der Waals surface area contributed by atoms with Crippen molar-refractivity contribution in [2.75, 3.05) is 25.1 Å². The van der Waals surface area contributed by atoms with E-state index in [0.717, 1.165) is 0 Å². The lowest BCUT2D eigenvalue weighted by atomic mass is 10.2. The van der Waals surface area contributed by atoms with Crippen LogP contribution in [0.15, 0.2) is 6.20 Å². The minimum Gasteiger partial charge on any atom is -0.467 e. The molecule has 0 bridgehead atoms. The zero-order chi connectivity index (χ0) is 10.1. The van der Waals surface area contributed by atoms with E-state index in [1.165, 1.54) is 13.3 Å². The van der Waals surface area contributed by atoms with E-state index in [9.17, 15) is 0 Å². The van der Waals surface area contributed by atoms with Crippen molar-refractivity contribution in [2.45, 2.75) is 6.10 Å². The van der Waals surface area contributed by atoms with Crippen LogP contribution in [0.25, 0.3) is 0 Å². The largest absolute Gasteiger partial charge is 0.467 e. The van der Waals surface area contributed by atoms with E-state index in [4.69, 9.17) is 21.4 Å². The fourth-order valence-electron chi connectivity index (χ4n) is 1.29. The highest BCUT2D eigenvalue weighted by molar-refractivity contribution is 6.32. The molecule has 76 valence electrons. The Morgan fingerprint density at radius 2 is 2.36 bits per heavy atom. The number of halogens is 1. The molecular weight excluding hydrogens is 206 g/mol. The summed E-state index contributed by atoms with van der Waals surface area (Å²) in [7, 11) is 1.50. The summed E-state index contributed by atoms with van der Waals surface area (Å²) in [4.78, 5) is 9.83. The van der Waals surface area contributed by atoms with E-state index < -0.39 is 0 Å². The van der Waals surface area contributed by atoms with E-state index in [1.54, 1.807) is 0 Å². The molecule has 1 saturated heterocycles. The molecule has 2 heterocycles. The molecule has 0 aliphatic carbocycles. The van der Waals surface area contributed by atoms with Gasteiger partial charge >= 0.3 is 6.01 Å². The van der Waals surface area contributed by atoms with Crippen molar-refractivity contribution < 1.29 is 9.84 Å². The van der Waals surface area contributed by atoms with Crippen molar-refractivity contribution in [3.8, 4) is 6.01 Å². The third-order valence-electron chi connectivity index (χ3n) is 2.05. The van der Waals surface area contributed by atoms with Gasteiger partial charge < -0.3 is 14.7 Å². The van der Waals surface area contributed by atoms with Gasteiger partial charge in [-0.3, -0.25) is 0 Å². The lowest BCUT2D eigenvalue weighted by molar-refractivity contribution is 0.141. The second-order valence-electron chi connectivity index (χ2n) is 3.09. The van der Waals surface area contributed by atoms with Gasteiger partial charge in [-0.15, -0.1) is 0 Å². The molecule has 1 aromatic rings. The molecule has 0 aromatic carbocycles. The highest BCUT2D eigenvalue weighted by Crippen LogP contribution is 2.27. The van der Waals surface area contributed by atoms with Crippen LogP contribution in [0.1, 0.15) is 0 Å². The quantitative estimate of drug-likeness (QED) is 0.770. The lowest BCUT2D eigenvalue weighted by Crippen LogP contribution is -2.51. The summed E-state index contributed by atoms with van der Waals surface area (Å²) in [5, 5.41) is 9.61. The summed E-state index contributed by atoms with van der Waals surface area (Å²) < 4.78 is 4.89. The second kappa shape index (κ2) is 3.59. The van der Waals surface area contributed by atoms with Gasteiger partial charge in [0.1, 0.15) is 5.02 Å². The van der Waals surface area contributed by atoms with Gasteiger partial charge in [0.05, 0.1) is 19.4 Å². The van der Waals surface area contributed by atoms with Crippen LogP contribution in [0.4, 0.5) is 5.82 Å². The Kier molecular flexibility index (Phi) is 2.43. The van der Waals surface area contributed by atoms with Crippen molar-refractivity contribution in [1.82, 2.24) is 9.97 Å². The molecule has 1 aliphatic rings. The number of aliphatic hydroxyl groups is 1. The average molecular weight is 216 g/mol. The number of aliphatic hydroxyl groups excluding tert-OH is 1. The van der Waals surface area contributed by atoms with Gasteiger partial charge in [-0.1, -0.05) is 11.6 Å². The summed E-state index contributed by atoms with van der Waals surface area (Å²) in [6.45, 7) is 1.11. The molecule has 0 amide bonds. The molecule has 6 heteroatoms. The van der Waals surface area contributed by atoms with E-state index in [0.29, 0.717) is 23.9 Å². The number of methoxy groups -OCH3 is 1. The first-order chi connectivity index (χ1) is 6.70. The van der Waals surface area contributed by atoms with Gasteiger partial charge in [-0.25, -0.2) is 4.98 Å². The Balaban J connectivity index is 2.23. The summed E-state index contributed by atoms with van der Waals surface area (Å²) in [6, 6.07) is 0.283. The molecule has 1 fully saturated rings. The van der Waals surface area contributed by atoms with Gasteiger partial charge in [-0.2, -0.15) is 4.98 Å². The standard InChI is InChI=1S/C8H10ClN3O2/c1-14-8-10-2-6(9)7(11-8)12-3-5(13)4-12/h2,5,13H,3-4H2,1H3. The van der Waals surface area contributed by atoms with Gasteiger partial charge in [0.2, 0.25) is 0 Å². The minimum absolute atomic E-state index is 0.283. The third kappa shape index (κ3) is 1.60. The van der Waals surface area contributed by atoms with Gasteiger partial charge in [0.15, 0.2) is 5.82 Å². The number of nitrogens with zero attached hydrogens (tertiary/aromatic N) is 3. The average Bonchev–Trinajstić information content (AvgIpc) is 2.14. The topological polar surface area (TPSA) is 58.5 Å². The molecule has 1 aliphatic heterocycles. The number of rotatable bonds is 2. The molecule has 2 rings (SSSR count). The predicted molar refractivity (Wildman–Crippen MR) is 51.8 cm³/mol. The predicted octanol–water partition coefficient (Wildman–Crippen LogP) is 0.319. The summed E-state index contributed by atoms with van der Waals surface area (Å²) in [6.07, 6.45) is 1.21. The van der Waals surface area contributed by atoms with Crippen LogP contribution in [0, 0.1) is 0 Å². The highest BCUT2D eigenvalue weighted by atomic mass is 35.5. The van der Waals surface area contributed by atoms with Crippen molar-refractivity contribution in [3.05, 3.63) is 11.2 Å². The molecule has 0 radical (unpaired) electrons.